The molecule has 0 atom stereocenters. The van der Waals surface area contributed by atoms with Crippen LogP contribution in [-0.2, 0) is 13.6 Å². The lowest BCUT2D eigenvalue weighted by Crippen LogP contribution is -2.29. The summed E-state index contributed by atoms with van der Waals surface area (Å²) < 4.78 is 3.35. The van der Waals surface area contributed by atoms with Crippen LogP contribution >= 0.6 is 0 Å². The second-order valence-corrected chi connectivity index (χ2v) is 8.54. The number of H-pyrrole nitrogens is 1. The van der Waals surface area contributed by atoms with E-state index in [4.69, 9.17) is 5.73 Å². The summed E-state index contributed by atoms with van der Waals surface area (Å²) in [5, 5.41) is 0. The molecule has 184 valence electrons. The van der Waals surface area contributed by atoms with Crippen molar-refractivity contribution >= 4 is 11.2 Å². The molecular weight excluding hydrogens is 402 g/mol. The lowest BCUT2D eigenvalue weighted by molar-refractivity contribution is 0.523. The van der Waals surface area contributed by atoms with Crippen LogP contribution in [0.15, 0.2) is 9.59 Å². The smallest absolute Gasteiger partial charge is 0.329 e. The molecule has 0 aromatic carbocycles. The maximum atomic E-state index is 12.2. The summed E-state index contributed by atoms with van der Waals surface area (Å²) in [6.45, 7) is 7.50. The van der Waals surface area contributed by atoms with E-state index in [9.17, 15) is 9.59 Å². The van der Waals surface area contributed by atoms with Crippen molar-refractivity contribution in [2.75, 3.05) is 6.54 Å². The summed E-state index contributed by atoms with van der Waals surface area (Å²) in [6.07, 6.45) is 18.1. The van der Waals surface area contributed by atoms with Crippen molar-refractivity contribution in [3.8, 4) is 0 Å². The van der Waals surface area contributed by atoms with Crippen LogP contribution < -0.4 is 17.0 Å². The quantitative estimate of drug-likeness (QED) is 0.345. The molecule has 0 radical (unpaired) electrons. The van der Waals surface area contributed by atoms with Gasteiger partial charge in [0.05, 0.1) is 0 Å². The first-order valence-electron chi connectivity index (χ1n) is 12.9. The Kier molecular flexibility index (Phi) is 14.7. The molecule has 2 aromatic heterocycles. The van der Waals surface area contributed by atoms with E-state index < -0.39 is 5.69 Å². The van der Waals surface area contributed by atoms with Crippen LogP contribution in [0.3, 0.4) is 0 Å². The van der Waals surface area contributed by atoms with Crippen LogP contribution in [0, 0.1) is 6.92 Å². The molecule has 0 aliphatic carbocycles. The molecule has 32 heavy (non-hydrogen) atoms. The molecular formula is C25H47N5O2. The molecule has 2 rings (SSSR count). The number of hydrogen-bond donors (Lipinski definition) is 2. The highest BCUT2D eigenvalue weighted by molar-refractivity contribution is 5.70. The first kappa shape index (κ1) is 28.1. The zero-order valence-electron chi connectivity index (χ0n) is 21.0. The van der Waals surface area contributed by atoms with E-state index in [0.717, 1.165) is 31.8 Å². The van der Waals surface area contributed by atoms with Gasteiger partial charge >= 0.3 is 5.69 Å². The average molecular weight is 450 g/mol. The van der Waals surface area contributed by atoms with Crippen molar-refractivity contribution in [3.63, 3.8) is 0 Å². The van der Waals surface area contributed by atoms with E-state index in [1.807, 2.05) is 25.3 Å². The lowest BCUT2D eigenvalue weighted by Gasteiger charge is -2.07. The van der Waals surface area contributed by atoms with Gasteiger partial charge in [0.2, 0.25) is 0 Å². The number of nitrogens with zero attached hydrogens (tertiary/aromatic N) is 3. The molecule has 0 unspecified atom stereocenters. The molecule has 0 amide bonds. The van der Waals surface area contributed by atoms with Gasteiger partial charge in [0, 0.05) is 13.6 Å². The number of hydrogen-bond acceptors (Lipinski definition) is 4. The number of aryl methyl sites for hydroxylation is 3. The molecule has 2 heterocycles. The summed E-state index contributed by atoms with van der Waals surface area (Å²) in [6, 6.07) is 0. The molecule has 0 aliphatic rings. The number of rotatable bonds is 16. The Hall–Kier alpha value is -1.89. The maximum Gasteiger partial charge on any atom is 0.329 e. The minimum atomic E-state index is -0.417. The van der Waals surface area contributed by atoms with Crippen LogP contribution in [-0.4, -0.2) is 25.6 Å². The molecule has 2 aromatic rings. The molecule has 0 saturated carbocycles. The average Bonchev–Trinajstić information content (AvgIpc) is 3.13. The van der Waals surface area contributed by atoms with Crippen molar-refractivity contribution in [1.82, 2.24) is 19.1 Å². The first-order valence-corrected chi connectivity index (χ1v) is 12.9. The first-order chi connectivity index (χ1) is 15.6. The van der Waals surface area contributed by atoms with Crippen molar-refractivity contribution in [2.45, 2.75) is 117 Å². The Labute approximate surface area is 193 Å². The number of nitrogens with one attached hydrogen (secondary N) is 1. The van der Waals surface area contributed by atoms with Crippen LogP contribution in [0.2, 0.25) is 0 Å². The minimum absolute atomic E-state index is 0.343. The van der Waals surface area contributed by atoms with Crippen LogP contribution in [0.25, 0.3) is 11.2 Å². The Morgan fingerprint density at radius 2 is 1.22 bits per heavy atom. The van der Waals surface area contributed by atoms with Crippen LogP contribution in [0.4, 0.5) is 0 Å². The van der Waals surface area contributed by atoms with Gasteiger partial charge in [-0.15, -0.1) is 0 Å². The van der Waals surface area contributed by atoms with Crippen molar-refractivity contribution in [3.05, 3.63) is 26.7 Å². The van der Waals surface area contributed by atoms with Gasteiger partial charge in [-0.1, -0.05) is 90.9 Å². The highest BCUT2D eigenvalue weighted by Crippen LogP contribution is 2.15. The van der Waals surface area contributed by atoms with E-state index >= 15 is 0 Å². The number of nitrogens with two attached hydrogens (primary N) is 1. The Morgan fingerprint density at radius 3 is 1.69 bits per heavy atom. The van der Waals surface area contributed by atoms with Gasteiger partial charge in [0.15, 0.2) is 11.2 Å². The predicted molar refractivity (Wildman–Crippen MR) is 135 cm³/mol. The number of unbranched alkanes of at least 4 members (excludes halogenated alkanes) is 13. The molecule has 7 heteroatoms. The predicted octanol–water partition coefficient (Wildman–Crippen LogP) is 5.18. The second kappa shape index (κ2) is 16.7. The molecule has 0 bridgehead atoms. The molecule has 0 saturated heterocycles. The molecule has 7 nitrogen and oxygen atoms in total. The number of aromatic amines is 1. The lowest BCUT2D eigenvalue weighted by atomic mass is 10.0. The summed E-state index contributed by atoms with van der Waals surface area (Å²) >= 11 is 0. The number of aromatic nitrogens is 4. The fourth-order valence-corrected chi connectivity index (χ4v) is 4.15. The van der Waals surface area contributed by atoms with Crippen molar-refractivity contribution in [2.24, 2.45) is 12.8 Å². The summed E-state index contributed by atoms with van der Waals surface area (Å²) in [5.74, 6) is 0.788. The van der Waals surface area contributed by atoms with Gasteiger partial charge in [0.25, 0.3) is 5.56 Å². The third kappa shape index (κ3) is 9.31. The van der Waals surface area contributed by atoms with E-state index in [0.29, 0.717) is 11.2 Å². The Bertz CT molecular complexity index is 866. The molecule has 3 N–H and O–H groups in total. The maximum absolute atomic E-state index is 12.2. The number of fused-ring (bicyclic) bond motifs is 1. The van der Waals surface area contributed by atoms with Crippen LogP contribution in [0.5, 0.6) is 0 Å². The van der Waals surface area contributed by atoms with Crippen molar-refractivity contribution in [1.29, 1.82) is 0 Å². The highest BCUT2D eigenvalue weighted by atomic mass is 16.2. The SMILES string of the molecule is CC.Cc1nc2c(c(=O)[nH]c(=O)n2C)n1CCCCCCCCCCCCCCCCN. The largest absolute Gasteiger partial charge is 0.330 e. The van der Waals surface area contributed by atoms with Crippen molar-refractivity contribution < 1.29 is 0 Å². The fourth-order valence-electron chi connectivity index (χ4n) is 4.15. The van der Waals surface area contributed by atoms with Gasteiger partial charge in [0.1, 0.15) is 5.82 Å². The van der Waals surface area contributed by atoms with E-state index in [-0.39, 0.29) is 5.56 Å². The monoisotopic (exact) mass is 449 g/mol. The van der Waals surface area contributed by atoms with Gasteiger partial charge < -0.3 is 10.3 Å². The third-order valence-electron chi connectivity index (χ3n) is 6.03. The molecule has 0 spiro atoms. The Balaban J connectivity index is 0.00000249. The van der Waals surface area contributed by atoms with Gasteiger partial charge in [-0.2, -0.15) is 0 Å². The van der Waals surface area contributed by atoms with Gasteiger partial charge in [-0.05, 0) is 26.3 Å². The van der Waals surface area contributed by atoms with Gasteiger partial charge in [-0.25, -0.2) is 9.78 Å². The summed E-state index contributed by atoms with van der Waals surface area (Å²) in [5.41, 5.74) is 5.73. The third-order valence-corrected chi connectivity index (χ3v) is 6.03. The molecule has 0 fully saturated rings. The summed E-state index contributed by atoms with van der Waals surface area (Å²) in [4.78, 5) is 30.7. The minimum Gasteiger partial charge on any atom is -0.330 e. The second-order valence-electron chi connectivity index (χ2n) is 8.54. The topological polar surface area (TPSA) is 98.7 Å². The normalized spacial score (nSPS) is 11.0. The van der Waals surface area contributed by atoms with E-state index in [1.165, 1.54) is 81.6 Å². The van der Waals surface area contributed by atoms with E-state index in [1.54, 1.807) is 7.05 Å². The Morgan fingerprint density at radius 1 is 0.781 bits per heavy atom. The van der Waals surface area contributed by atoms with Crippen LogP contribution in [0.1, 0.15) is 110 Å². The number of imidazole rings is 1. The molecule has 0 aliphatic heterocycles. The highest BCUT2D eigenvalue weighted by Gasteiger charge is 2.14. The zero-order chi connectivity index (χ0) is 23.8. The van der Waals surface area contributed by atoms with E-state index in [2.05, 4.69) is 9.97 Å². The fraction of sp³-hybridized carbons (Fsp3) is 0.800. The van der Waals surface area contributed by atoms with Gasteiger partial charge in [-0.3, -0.25) is 14.3 Å². The standard InChI is InChI=1S/C23H41N5O2.C2H6/c1-19-25-21-20(22(29)26-23(30)27(21)2)28(19)18-16-14-12-10-8-6-4-3-5-7-9-11-13-15-17-24;1-2/h3-18,24H2,1-2H3,(H,26,29,30);1-2H3. The summed E-state index contributed by atoms with van der Waals surface area (Å²) in [7, 11) is 1.64. The zero-order valence-corrected chi connectivity index (χ0v) is 21.0.